The molecule has 1 saturated heterocycles. The van der Waals surface area contributed by atoms with Crippen molar-refractivity contribution in [3.8, 4) is 0 Å². The first-order chi connectivity index (χ1) is 10.8. The van der Waals surface area contributed by atoms with Gasteiger partial charge in [-0.15, -0.1) is 0 Å². The van der Waals surface area contributed by atoms with Crippen LogP contribution in [0.1, 0.15) is 37.7 Å². The van der Waals surface area contributed by atoms with E-state index in [1.807, 2.05) is 4.90 Å². The lowest BCUT2D eigenvalue weighted by atomic mass is 10.0. The van der Waals surface area contributed by atoms with Crippen LogP contribution in [0.15, 0.2) is 30.3 Å². The predicted molar refractivity (Wildman–Crippen MR) is 88.3 cm³/mol. The van der Waals surface area contributed by atoms with Gasteiger partial charge < -0.3 is 10.6 Å². The van der Waals surface area contributed by atoms with Gasteiger partial charge in [0.2, 0.25) is 5.91 Å². The minimum Gasteiger partial charge on any atom is -0.337 e. The fourth-order valence-corrected chi connectivity index (χ4v) is 3.51. The SMILES string of the molecule is NCC(=O)N1CCCC[C@@H]1CN(Cc1ccccc1)C1CC1. The van der Waals surface area contributed by atoms with Crippen LogP contribution in [0.4, 0.5) is 0 Å². The summed E-state index contributed by atoms with van der Waals surface area (Å²) >= 11 is 0. The van der Waals surface area contributed by atoms with Gasteiger partial charge in [0.1, 0.15) is 0 Å². The number of nitrogens with two attached hydrogens (primary N) is 1. The molecule has 3 rings (SSSR count). The zero-order chi connectivity index (χ0) is 15.4. The van der Waals surface area contributed by atoms with Crippen molar-refractivity contribution in [3.05, 3.63) is 35.9 Å². The van der Waals surface area contributed by atoms with Crippen LogP contribution in [0.5, 0.6) is 0 Å². The first-order valence-electron chi connectivity index (χ1n) is 8.55. The molecule has 22 heavy (non-hydrogen) atoms. The van der Waals surface area contributed by atoms with Gasteiger partial charge in [-0.2, -0.15) is 0 Å². The smallest absolute Gasteiger partial charge is 0.236 e. The molecule has 1 aliphatic carbocycles. The van der Waals surface area contributed by atoms with Gasteiger partial charge in [-0.25, -0.2) is 0 Å². The lowest BCUT2D eigenvalue weighted by Crippen LogP contribution is -2.51. The highest BCUT2D eigenvalue weighted by Gasteiger charge is 2.34. The maximum atomic E-state index is 12.1. The number of likely N-dealkylation sites (tertiary alicyclic amines) is 1. The number of carbonyl (C=O) groups is 1. The van der Waals surface area contributed by atoms with E-state index in [1.165, 1.54) is 24.8 Å². The minimum absolute atomic E-state index is 0.111. The van der Waals surface area contributed by atoms with Crippen molar-refractivity contribution in [2.75, 3.05) is 19.6 Å². The van der Waals surface area contributed by atoms with Gasteiger partial charge >= 0.3 is 0 Å². The third-order valence-corrected chi connectivity index (χ3v) is 4.86. The number of hydrogen-bond donors (Lipinski definition) is 1. The number of benzene rings is 1. The molecule has 4 nitrogen and oxygen atoms in total. The second kappa shape index (κ2) is 7.25. The molecular weight excluding hydrogens is 274 g/mol. The van der Waals surface area contributed by atoms with E-state index in [0.29, 0.717) is 12.1 Å². The van der Waals surface area contributed by atoms with Crippen LogP contribution < -0.4 is 5.73 Å². The fourth-order valence-electron chi connectivity index (χ4n) is 3.51. The Labute approximate surface area is 133 Å². The van der Waals surface area contributed by atoms with E-state index in [9.17, 15) is 4.79 Å². The number of nitrogens with zero attached hydrogens (tertiary/aromatic N) is 2. The van der Waals surface area contributed by atoms with Crippen LogP contribution in [-0.4, -0.2) is 47.4 Å². The van der Waals surface area contributed by atoms with Crippen LogP contribution >= 0.6 is 0 Å². The molecule has 0 aromatic heterocycles. The van der Waals surface area contributed by atoms with Crippen LogP contribution in [0.2, 0.25) is 0 Å². The van der Waals surface area contributed by atoms with E-state index in [4.69, 9.17) is 5.73 Å². The van der Waals surface area contributed by atoms with Crippen LogP contribution in [0.3, 0.4) is 0 Å². The van der Waals surface area contributed by atoms with Crippen molar-refractivity contribution in [3.63, 3.8) is 0 Å². The summed E-state index contributed by atoms with van der Waals surface area (Å²) in [5.74, 6) is 0.111. The van der Waals surface area contributed by atoms with E-state index >= 15 is 0 Å². The van der Waals surface area contributed by atoms with Gasteiger partial charge in [0, 0.05) is 31.7 Å². The molecule has 120 valence electrons. The summed E-state index contributed by atoms with van der Waals surface area (Å²) in [4.78, 5) is 16.7. The lowest BCUT2D eigenvalue weighted by molar-refractivity contribution is -0.133. The van der Waals surface area contributed by atoms with E-state index in [0.717, 1.165) is 32.5 Å². The Morgan fingerprint density at radius 1 is 1.18 bits per heavy atom. The number of hydrogen-bond acceptors (Lipinski definition) is 3. The lowest BCUT2D eigenvalue weighted by Gasteiger charge is -2.39. The van der Waals surface area contributed by atoms with Crippen molar-refractivity contribution < 1.29 is 4.79 Å². The van der Waals surface area contributed by atoms with Gasteiger partial charge in [-0.3, -0.25) is 9.69 Å². The highest BCUT2D eigenvalue weighted by atomic mass is 16.2. The first kappa shape index (κ1) is 15.5. The molecule has 1 aromatic rings. The second-order valence-corrected chi connectivity index (χ2v) is 6.59. The topological polar surface area (TPSA) is 49.6 Å². The molecule has 0 unspecified atom stereocenters. The van der Waals surface area contributed by atoms with E-state index in [1.54, 1.807) is 0 Å². The Kier molecular flexibility index (Phi) is 5.11. The van der Waals surface area contributed by atoms with Gasteiger partial charge in [0.25, 0.3) is 0 Å². The molecule has 2 N–H and O–H groups in total. The standard InChI is InChI=1S/C18H27N3O/c19-12-18(22)21-11-5-4-8-17(21)14-20(16-9-10-16)13-15-6-2-1-3-7-15/h1-3,6-7,16-17H,4-5,8-14,19H2/t17-/m1/s1. The van der Waals surface area contributed by atoms with E-state index in [2.05, 4.69) is 35.2 Å². The van der Waals surface area contributed by atoms with Crippen molar-refractivity contribution >= 4 is 5.91 Å². The minimum atomic E-state index is 0.111. The average molecular weight is 301 g/mol. The molecule has 0 bridgehead atoms. The average Bonchev–Trinajstić information content (AvgIpc) is 3.40. The molecule has 4 heteroatoms. The largest absolute Gasteiger partial charge is 0.337 e. The molecule has 1 aliphatic heterocycles. The Bertz CT molecular complexity index is 486. The molecule has 2 aliphatic rings. The van der Waals surface area contributed by atoms with Gasteiger partial charge in [0.15, 0.2) is 0 Å². The summed E-state index contributed by atoms with van der Waals surface area (Å²) in [7, 11) is 0. The zero-order valence-electron chi connectivity index (χ0n) is 13.3. The Morgan fingerprint density at radius 3 is 2.64 bits per heavy atom. The summed E-state index contributed by atoms with van der Waals surface area (Å²) in [5, 5.41) is 0. The van der Waals surface area contributed by atoms with Gasteiger partial charge in [-0.1, -0.05) is 30.3 Å². The summed E-state index contributed by atoms with van der Waals surface area (Å²) in [6.45, 7) is 3.00. The highest BCUT2D eigenvalue weighted by molar-refractivity contribution is 5.78. The summed E-state index contributed by atoms with van der Waals surface area (Å²) in [6, 6.07) is 11.7. The Balaban J connectivity index is 1.65. The quantitative estimate of drug-likeness (QED) is 0.874. The summed E-state index contributed by atoms with van der Waals surface area (Å²) in [6.07, 6.45) is 6.05. The van der Waals surface area contributed by atoms with Crippen LogP contribution in [0, 0.1) is 0 Å². The van der Waals surface area contributed by atoms with Crippen molar-refractivity contribution in [1.29, 1.82) is 0 Å². The van der Waals surface area contributed by atoms with Gasteiger partial charge in [0.05, 0.1) is 6.54 Å². The fraction of sp³-hybridized carbons (Fsp3) is 0.611. The van der Waals surface area contributed by atoms with Crippen LogP contribution in [-0.2, 0) is 11.3 Å². The monoisotopic (exact) mass is 301 g/mol. The van der Waals surface area contributed by atoms with Crippen molar-refractivity contribution in [2.45, 2.75) is 50.7 Å². The van der Waals surface area contributed by atoms with Crippen molar-refractivity contribution in [1.82, 2.24) is 9.80 Å². The molecule has 1 atom stereocenters. The first-order valence-corrected chi connectivity index (χ1v) is 8.55. The van der Waals surface area contributed by atoms with Crippen molar-refractivity contribution in [2.24, 2.45) is 5.73 Å². The number of piperidine rings is 1. The summed E-state index contributed by atoms with van der Waals surface area (Å²) in [5.41, 5.74) is 6.95. The molecular formula is C18H27N3O. The van der Waals surface area contributed by atoms with Gasteiger partial charge in [-0.05, 0) is 37.7 Å². The number of amides is 1. The highest BCUT2D eigenvalue weighted by Crippen LogP contribution is 2.30. The summed E-state index contributed by atoms with van der Waals surface area (Å²) < 4.78 is 0. The number of carbonyl (C=O) groups excluding carboxylic acids is 1. The Morgan fingerprint density at radius 2 is 1.95 bits per heavy atom. The van der Waals surface area contributed by atoms with E-state index in [-0.39, 0.29) is 12.5 Å². The molecule has 2 fully saturated rings. The normalized spacial score (nSPS) is 22.1. The third-order valence-electron chi connectivity index (χ3n) is 4.86. The molecule has 1 aromatic carbocycles. The second-order valence-electron chi connectivity index (χ2n) is 6.59. The predicted octanol–water partition coefficient (Wildman–Crippen LogP) is 1.99. The van der Waals surface area contributed by atoms with E-state index < -0.39 is 0 Å². The zero-order valence-corrected chi connectivity index (χ0v) is 13.3. The van der Waals surface area contributed by atoms with Crippen LogP contribution in [0.25, 0.3) is 0 Å². The molecule has 1 heterocycles. The Hall–Kier alpha value is -1.39. The molecule has 0 radical (unpaired) electrons. The molecule has 1 saturated carbocycles. The maximum Gasteiger partial charge on any atom is 0.236 e. The number of rotatable bonds is 6. The molecule has 1 amide bonds. The maximum absolute atomic E-state index is 12.1. The third kappa shape index (κ3) is 3.87. The molecule has 0 spiro atoms.